The van der Waals surface area contributed by atoms with Crippen LogP contribution in [0.2, 0.25) is 0 Å². The topological polar surface area (TPSA) is 72.9 Å². The normalized spacial score (nSPS) is 15.7. The summed E-state index contributed by atoms with van der Waals surface area (Å²) in [5, 5.41) is 0. The van der Waals surface area contributed by atoms with Gasteiger partial charge in [0.25, 0.3) is 0 Å². The Morgan fingerprint density at radius 3 is 2.30 bits per heavy atom. The summed E-state index contributed by atoms with van der Waals surface area (Å²) >= 11 is 0. The predicted octanol–water partition coefficient (Wildman–Crippen LogP) is 2.47. The highest BCUT2D eigenvalue weighted by Gasteiger charge is 2.26. The van der Waals surface area contributed by atoms with Gasteiger partial charge in [0.05, 0.1) is 18.1 Å². The lowest BCUT2D eigenvalue weighted by molar-refractivity contribution is -0.128. The fraction of sp³-hybridized carbons (Fsp3) is 0.211. The number of sulfonamides is 1. The first kappa shape index (κ1) is 19.2. The summed E-state index contributed by atoms with van der Waals surface area (Å²) in [7, 11) is -3.59. The summed E-state index contributed by atoms with van der Waals surface area (Å²) < 4.78 is 49.6. The fourth-order valence-electron chi connectivity index (χ4n) is 2.50. The first-order valence-corrected chi connectivity index (χ1v) is 9.72. The molecule has 1 fully saturated rings. The van der Waals surface area contributed by atoms with Crippen molar-refractivity contribution in [3.8, 4) is 5.75 Å². The molecule has 0 spiro atoms. The van der Waals surface area contributed by atoms with Gasteiger partial charge in [-0.3, -0.25) is 0 Å². The van der Waals surface area contributed by atoms with Crippen molar-refractivity contribution in [3.63, 3.8) is 0 Å². The molecule has 2 aromatic carbocycles. The molecule has 0 atom stereocenters. The lowest BCUT2D eigenvalue weighted by Gasteiger charge is -2.26. The number of morpholine rings is 1. The van der Waals surface area contributed by atoms with Crippen molar-refractivity contribution in [1.29, 1.82) is 0 Å². The van der Waals surface area contributed by atoms with Crippen molar-refractivity contribution >= 4 is 22.1 Å². The lowest BCUT2D eigenvalue weighted by atomic mass is 10.2. The molecular weight excluding hydrogens is 373 g/mol. The Kier molecular flexibility index (Phi) is 6.00. The molecule has 6 nitrogen and oxygen atoms in total. The molecular formula is C19H18FNO5S. The minimum Gasteiger partial charge on any atom is -0.423 e. The second-order valence-electron chi connectivity index (χ2n) is 5.79. The summed E-state index contributed by atoms with van der Waals surface area (Å²) in [6.45, 7) is 1.37. The van der Waals surface area contributed by atoms with Crippen molar-refractivity contribution in [3.05, 3.63) is 66.0 Å². The summed E-state index contributed by atoms with van der Waals surface area (Å²) in [5.41, 5.74) is 0.653. The zero-order chi connectivity index (χ0) is 19.3. The van der Waals surface area contributed by atoms with Gasteiger partial charge in [-0.1, -0.05) is 12.1 Å². The number of hydrogen-bond acceptors (Lipinski definition) is 5. The van der Waals surface area contributed by atoms with E-state index in [1.807, 2.05) is 0 Å². The monoisotopic (exact) mass is 391 g/mol. The number of hydrogen-bond donors (Lipinski definition) is 0. The van der Waals surface area contributed by atoms with Gasteiger partial charge in [0.2, 0.25) is 10.0 Å². The van der Waals surface area contributed by atoms with E-state index in [0.717, 1.165) is 0 Å². The van der Waals surface area contributed by atoms with Gasteiger partial charge in [-0.15, -0.1) is 0 Å². The second kappa shape index (κ2) is 8.43. The number of benzene rings is 2. The molecule has 0 saturated carbocycles. The maximum Gasteiger partial charge on any atom is 0.336 e. The Morgan fingerprint density at radius 1 is 1.04 bits per heavy atom. The van der Waals surface area contributed by atoms with E-state index in [-0.39, 0.29) is 16.5 Å². The van der Waals surface area contributed by atoms with E-state index in [4.69, 9.17) is 9.47 Å². The molecule has 0 aromatic heterocycles. The number of esters is 1. The summed E-state index contributed by atoms with van der Waals surface area (Å²) in [4.78, 5) is 12.0. The molecule has 1 aliphatic heterocycles. The Balaban J connectivity index is 1.63. The van der Waals surface area contributed by atoms with Crippen molar-refractivity contribution in [2.24, 2.45) is 0 Å². The van der Waals surface area contributed by atoms with Gasteiger partial charge in [0.15, 0.2) is 0 Å². The average molecular weight is 391 g/mol. The van der Waals surface area contributed by atoms with Crippen LogP contribution >= 0.6 is 0 Å². The largest absolute Gasteiger partial charge is 0.423 e. The highest BCUT2D eigenvalue weighted by molar-refractivity contribution is 7.89. The molecule has 0 unspecified atom stereocenters. The Hall–Kier alpha value is -2.55. The Bertz CT molecular complexity index is 918. The average Bonchev–Trinajstić information content (AvgIpc) is 2.69. The molecule has 0 aliphatic carbocycles. The van der Waals surface area contributed by atoms with Crippen molar-refractivity contribution in [2.45, 2.75) is 4.90 Å². The number of carbonyl (C=O) groups is 1. The Labute approximate surface area is 156 Å². The SMILES string of the molecule is O=C(/C=C/c1ccc(F)cc1)Oc1ccc(S(=O)(=O)N2CCOCC2)cc1. The van der Waals surface area contributed by atoms with Gasteiger partial charge >= 0.3 is 5.97 Å². The molecule has 1 aliphatic rings. The summed E-state index contributed by atoms with van der Waals surface area (Å²) in [6.07, 6.45) is 2.71. The van der Waals surface area contributed by atoms with Crippen LogP contribution in [0.3, 0.4) is 0 Å². The molecule has 27 heavy (non-hydrogen) atoms. The molecule has 142 valence electrons. The fourth-order valence-corrected chi connectivity index (χ4v) is 3.91. The van der Waals surface area contributed by atoms with Crippen LogP contribution < -0.4 is 4.74 Å². The third-order valence-electron chi connectivity index (χ3n) is 3.93. The van der Waals surface area contributed by atoms with Crippen LogP contribution in [0, 0.1) is 5.82 Å². The smallest absolute Gasteiger partial charge is 0.336 e. The van der Waals surface area contributed by atoms with Crippen molar-refractivity contribution in [1.82, 2.24) is 4.31 Å². The van der Waals surface area contributed by atoms with Crippen LogP contribution in [0.1, 0.15) is 5.56 Å². The summed E-state index contributed by atoms with van der Waals surface area (Å²) in [5.74, 6) is -0.755. The molecule has 1 saturated heterocycles. The van der Waals surface area contributed by atoms with E-state index in [1.165, 1.54) is 65.0 Å². The minimum atomic E-state index is -3.59. The van der Waals surface area contributed by atoms with Gasteiger partial charge in [0.1, 0.15) is 11.6 Å². The number of carbonyl (C=O) groups excluding carboxylic acids is 1. The molecule has 2 aromatic rings. The quantitative estimate of drug-likeness (QED) is 0.445. The molecule has 0 radical (unpaired) electrons. The van der Waals surface area contributed by atoms with Crippen molar-refractivity contribution < 1.29 is 27.1 Å². The third-order valence-corrected chi connectivity index (χ3v) is 5.84. The van der Waals surface area contributed by atoms with Crippen molar-refractivity contribution in [2.75, 3.05) is 26.3 Å². The number of ether oxygens (including phenoxy) is 2. The van der Waals surface area contributed by atoms with Gasteiger partial charge in [0, 0.05) is 19.2 Å². The second-order valence-corrected chi connectivity index (χ2v) is 7.73. The first-order chi connectivity index (χ1) is 12.9. The maximum atomic E-state index is 12.8. The van der Waals surface area contributed by atoms with Gasteiger partial charge in [-0.05, 0) is 48.0 Å². The van der Waals surface area contributed by atoms with Crippen LogP contribution in [-0.4, -0.2) is 45.0 Å². The van der Waals surface area contributed by atoms with E-state index < -0.39 is 16.0 Å². The maximum absolute atomic E-state index is 12.8. The van der Waals surface area contributed by atoms with Gasteiger partial charge in [-0.2, -0.15) is 4.31 Å². The van der Waals surface area contributed by atoms with Crippen LogP contribution in [0.4, 0.5) is 4.39 Å². The third kappa shape index (κ3) is 5.00. The minimum absolute atomic E-state index is 0.131. The molecule has 0 bridgehead atoms. The van der Waals surface area contributed by atoms with E-state index in [1.54, 1.807) is 0 Å². The van der Waals surface area contributed by atoms with Crippen LogP contribution in [0.25, 0.3) is 6.08 Å². The van der Waals surface area contributed by atoms with Crippen LogP contribution in [-0.2, 0) is 19.6 Å². The molecule has 8 heteroatoms. The molecule has 0 N–H and O–H groups in total. The van der Waals surface area contributed by atoms with E-state index >= 15 is 0 Å². The van der Waals surface area contributed by atoms with Crippen LogP contribution in [0.5, 0.6) is 5.75 Å². The highest BCUT2D eigenvalue weighted by Crippen LogP contribution is 2.20. The number of rotatable bonds is 5. The lowest BCUT2D eigenvalue weighted by Crippen LogP contribution is -2.40. The first-order valence-electron chi connectivity index (χ1n) is 8.28. The van der Waals surface area contributed by atoms with Gasteiger partial charge in [-0.25, -0.2) is 17.6 Å². The number of nitrogens with zero attached hydrogens (tertiary/aromatic N) is 1. The van der Waals surface area contributed by atoms with Crippen LogP contribution in [0.15, 0.2) is 59.5 Å². The zero-order valence-corrected chi connectivity index (χ0v) is 15.2. The molecule has 0 amide bonds. The predicted molar refractivity (Wildman–Crippen MR) is 97.1 cm³/mol. The molecule has 1 heterocycles. The highest BCUT2D eigenvalue weighted by atomic mass is 32.2. The molecule has 3 rings (SSSR count). The number of halogens is 1. The Morgan fingerprint density at radius 2 is 1.67 bits per heavy atom. The van der Waals surface area contributed by atoms with Gasteiger partial charge < -0.3 is 9.47 Å². The zero-order valence-electron chi connectivity index (χ0n) is 14.4. The van der Waals surface area contributed by atoms with E-state index in [0.29, 0.717) is 31.9 Å². The standard InChI is InChI=1S/C19H18FNO5S/c20-16-4-1-15(2-5-16)3-10-19(22)26-17-6-8-18(9-7-17)27(23,24)21-11-13-25-14-12-21/h1-10H,11-14H2/b10-3+. The summed E-state index contributed by atoms with van der Waals surface area (Å²) in [6, 6.07) is 11.3. The van der Waals surface area contributed by atoms with E-state index in [2.05, 4.69) is 0 Å². The van der Waals surface area contributed by atoms with E-state index in [9.17, 15) is 17.6 Å².